The zero-order chi connectivity index (χ0) is 11.1. The first-order chi connectivity index (χ1) is 7.81. The average Bonchev–Trinajstić information content (AvgIpc) is 2.62. The smallest absolute Gasteiger partial charge is 0.0492 e. The molecule has 0 aliphatic rings. The van der Waals surface area contributed by atoms with E-state index in [0.29, 0.717) is 0 Å². The molecule has 2 nitrogen and oxygen atoms in total. The maximum absolute atomic E-state index is 5.86. The quantitative estimate of drug-likeness (QED) is 0.624. The summed E-state index contributed by atoms with van der Waals surface area (Å²) in [6.45, 7) is 3.15. The Labute approximate surface area is 102 Å². The van der Waals surface area contributed by atoms with Crippen molar-refractivity contribution in [3.05, 3.63) is 42.5 Å². The summed E-state index contributed by atoms with van der Waals surface area (Å²) in [5, 5.41) is 2.53. The predicted molar refractivity (Wildman–Crippen MR) is 76.3 cm³/mol. The van der Waals surface area contributed by atoms with Crippen LogP contribution in [0.15, 0.2) is 42.5 Å². The van der Waals surface area contributed by atoms with Crippen LogP contribution in [0.3, 0.4) is 0 Å². The molecule has 0 unspecified atom stereocenters. The number of aromatic nitrogens is 1. The van der Waals surface area contributed by atoms with Gasteiger partial charge in [0.25, 0.3) is 0 Å². The van der Waals surface area contributed by atoms with Crippen molar-refractivity contribution in [1.29, 1.82) is 0 Å². The third-order valence-electron chi connectivity index (χ3n) is 3.11. The Morgan fingerprint density at radius 1 is 1.00 bits per heavy atom. The molecule has 3 aromatic rings. The van der Waals surface area contributed by atoms with Gasteiger partial charge in [0.1, 0.15) is 0 Å². The van der Waals surface area contributed by atoms with Crippen molar-refractivity contribution >= 4 is 27.5 Å². The number of nitrogens with zero attached hydrogens (tertiary/aromatic N) is 1. The van der Waals surface area contributed by atoms with Crippen LogP contribution in [0.2, 0.25) is 0 Å². The van der Waals surface area contributed by atoms with Crippen LogP contribution in [0.4, 0.5) is 5.69 Å². The number of aryl methyl sites for hydroxylation is 1. The highest BCUT2D eigenvalue weighted by Crippen LogP contribution is 2.29. The number of hydrogen-bond acceptors (Lipinski definition) is 1. The molecule has 0 saturated heterocycles. The van der Waals surface area contributed by atoms with Gasteiger partial charge in [-0.15, -0.1) is 0 Å². The van der Waals surface area contributed by atoms with Gasteiger partial charge in [-0.3, -0.25) is 0 Å². The Morgan fingerprint density at radius 3 is 2.47 bits per heavy atom. The minimum Gasteiger partial charge on any atom is -0.399 e. The fraction of sp³-hybridized carbons (Fsp3) is 0.200. The zero-order valence-electron chi connectivity index (χ0n) is 9.27. The van der Waals surface area contributed by atoms with Crippen LogP contribution in [0.5, 0.6) is 0 Å². The van der Waals surface area contributed by atoms with Crippen molar-refractivity contribution in [3.8, 4) is 0 Å². The van der Waals surface area contributed by atoms with Gasteiger partial charge < -0.3 is 10.3 Å². The van der Waals surface area contributed by atoms with Crippen molar-refractivity contribution in [1.82, 2.24) is 4.57 Å². The van der Waals surface area contributed by atoms with E-state index >= 15 is 0 Å². The molecule has 0 spiro atoms. The van der Waals surface area contributed by atoms with Gasteiger partial charge in [0.2, 0.25) is 0 Å². The Kier molecular flexibility index (Phi) is 2.80. The van der Waals surface area contributed by atoms with Crippen molar-refractivity contribution in [2.24, 2.45) is 0 Å². The van der Waals surface area contributed by atoms with Gasteiger partial charge in [-0.05, 0) is 31.2 Å². The van der Waals surface area contributed by atoms with Crippen LogP contribution >= 0.6 is 0 Å². The predicted octanol–water partition coefficient (Wildman–Crippen LogP) is 4.03. The molecule has 0 bridgehead atoms. The summed E-state index contributed by atoms with van der Waals surface area (Å²) in [6, 6.07) is 14.6. The van der Waals surface area contributed by atoms with Gasteiger partial charge >= 0.3 is 0 Å². The number of nitrogens with two attached hydrogens (primary N) is 1. The van der Waals surface area contributed by atoms with E-state index in [0.717, 1.165) is 12.2 Å². The van der Waals surface area contributed by atoms with Gasteiger partial charge in [0.05, 0.1) is 0 Å². The van der Waals surface area contributed by atoms with Crippen molar-refractivity contribution < 1.29 is 0 Å². The molecule has 0 radical (unpaired) electrons. The molecule has 88 valence electrons. The van der Waals surface area contributed by atoms with Crippen molar-refractivity contribution in [3.63, 3.8) is 0 Å². The Bertz CT molecular complexity index is 665. The third kappa shape index (κ3) is 1.57. The standard InChI is InChI=1S/C14H14N2.CH4/c1-2-16-13-6-4-3-5-11(13)12-9-10(15)7-8-14(12)16;/h3-9H,2,15H2,1H3;1H4. The van der Waals surface area contributed by atoms with Crippen LogP contribution < -0.4 is 5.73 Å². The highest BCUT2D eigenvalue weighted by Gasteiger charge is 2.08. The van der Waals surface area contributed by atoms with Crippen LogP contribution in [-0.4, -0.2) is 4.57 Å². The maximum atomic E-state index is 5.86. The van der Waals surface area contributed by atoms with E-state index in [9.17, 15) is 0 Å². The minimum atomic E-state index is 0. The monoisotopic (exact) mass is 226 g/mol. The lowest BCUT2D eigenvalue weighted by atomic mass is 10.1. The van der Waals surface area contributed by atoms with E-state index < -0.39 is 0 Å². The minimum absolute atomic E-state index is 0. The molecule has 2 aromatic carbocycles. The fourth-order valence-electron chi connectivity index (χ4n) is 2.41. The number of fused-ring (bicyclic) bond motifs is 3. The van der Waals surface area contributed by atoms with Crippen molar-refractivity contribution in [2.75, 3.05) is 5.73 Å². The second kappa shape index (κ2) is 4.13. The molecular formula is C15H18N2. The SMILES string of the molecule is C.CCn1c2ccccc2c2cc(N)ccc21. The summed E-state index contributed by atoms with van der Waals surface area (Å²) in [5.41, 5.74) is 9.23. The number of rotatable bonds is 1. The highest BCUT2D eigenvalue weighted by molar-refractivity contribution is 6.08. The summed E-state index contributed by atoms with van der Waals surface area (Å²) in [5.74, 6) is 0. The van der Waals surface area contributed by atoms with Crippen LogP contribution in [-0.2, 0) is 6.54 Å². The highest BCUT2D eigenvalue weighted by atomic mass is 15.0. The second-order valence-corrected chi connectivity index (χ2v) is 4.04. The van der Waals surface area contributed by atoms with Gasteiger partial charge in [0.15, 0.2) is 0 Å². The summed E-state index contributed by atoms with van der Waals surface area (Å²) in [6.07, 6.45) is 0. The number of nitrogen functional groups attached to an aromatic ring is 1. The first kappa shape index (κ1) is 11.5. The molecule has 1 heterocycles. The zero-order valence-corrected chi connectivity index (χ0v) is 9.27. The number of benzene rings is 2. The summed E-state index contributed by atoms with van der Waals surface area (Å²) < 4.78 is 2.32. The molecule has 0 fully saturated rings. The molecule has 1 aromatic heterocycles. The number of para-hydroxylation sites is 1. The molecule has 2 N–H and O–H groups in total. The van der Waals surface area contributed by atoms with E-state index in [1.54, 1.807) is 0 Å². The molecule has 0 aliphatic heterocycles. The summed E-state index contributed by atoms with van der Waals surface area (Å²) in [4.78, 5) is 0. The molecule has 17 heavy (non-hydrogen) atoms. The lowest BCUT2D eigenvalue weighted by Gasteiger charge is -2.02. The maximum Gasteiger partial charge on any atom is 0.0492 e. The molecule has 2 heteroatoms. The molecular weight excluding hydrogens is 208 g/mol. The molecule has 3 rings (SSSR count). The lowest BCUT2D eigenvalue weighted by molar-refractivity contribution is 0.827. The largest absolute Gasteiger partial charge is 0.399 e. The van der Waals surface area contributed by atoms with Gasteiger partial charge in [-0.1, -0.05) is 25.6 Å². The topological polar surface area (TPSA) is 30.9 Å². The normalized spacial score (nSPS) is 10.6. The summed E-state index contributed by atoms with van der Waals surface area (Å²) >= 11 is 0. The second-order valence-electron chi connectivity index (χ2n) is 4.04. The molecule has 0 saturated carbocycles. The van der Waals surface area contributed by atoms with E-state index in [-0.39, 0.29) is 7.43 Å². The van der Waals surface area contributed by atoms with Crippen molar-refractivity contribution in [2.45, 2.75) is 20.9 Å². The van der Waals surface area contributed by atoms with E-state index in [1.807, 2.05) is 6.07 Å². The molecule has 0 aliphatic carbocycles. The first-order valence-corrected chi connectivity index (χ1v) is 5.57. The Hall–Kier alpha value is -1.96. The lowest BCUT2D eigenvalue weighted by Crippen LogP contribution is -1.92. The summed E-state index contributed by atoms with van der Waals surface area (Å²) in [7, 11) is 0. The third-order valence-corrected chi connectivity index (χ3v) is 3.11. The van der Waals surface area contributed by atoms with E-state index in [4.69, 9.17) is 5.73 Å². The van der Waals surface area contributed by atoms with E-state index in [2.05, 4.69) is 47.9 Å². The Morgan fingerprint density at radius 2 is 1.71 bits per heavy atom. The van der Waals surface area contributed by atoms with Crippen LogP contribution in [0, 0.1) is 0 Å². The van der Waals surface area contributed by atoms with Gasteiger partial charge in [-0.2, -0.15) is 0 Å². The average molecular weight is 226 g/mol. The van der Waals surface area contributed by atoms with E-state index in [1.165, 1.54) is 21.8 Å². The fourth-order valence-corrected chi connectivity index (χ4v) is 2.41. The number of anilines is 1. The van der Waals surface area contributed by atoms with Gasteiger partial charge in [0, 0.05) is 34.0 Å². The van der Waals surface area contributed by atoms with Crippen LogP contribution in [0.1, 0.15) is 14.4 Å². The Balaban J connectivity index is 0.00000108. The molecule has 0 amide bonds. The first-order valence-electron chi connectivity index (χ1n) is 5.57. The molecule has 0 atom stereocenters. The number of hydrogen-bond donors (Lipinski definition) is 1. The van der Waals surface area contributed by atoms with Crippen LogP contribution in [0.25, 0.3) is 21.8 Å². The van der Waals surface area contributed by atoms with Gasteiger partial charge in [-0.25, -0.2) is 0 Å².